The summed E-state index contributed by atoms with van der Waals surface area (Å²) in [4.78, 5) is 0. The largest absolute Gasteiger partial charge is 0.206 e. The van der Waals surface area contributed by atoms with E-state index < -0.39 is 5.82 Å². The Balaban J connectivity index is 1.75. The SMILES string of the molecule is CCCC1CCC(c2ccc(-c3cccc(F)c3C#N)cc2)CC1. The maximum absolute atomic E-state index is 13.8. The molecule has 2 aromatic rings. The number of nitrogens with zero attached hydrogens (tertiary/aromatic N) is 1. The molecule has 124 valence electrons. The van der Waals surface area contributed by atoms with Gasteiger partial charge in [0.25, 0.3) is 0 Å². The first-order valence-corrected chi connectivity index (χ1v) is 9.01. The minimum Gasteiger partial charge on any atom is -0.206 e. The highest BCUT2D eigenvalue weighted by Crippen LogP contribution is 2.38. The fourth-order valence-electron chi connectivity index (χ4n) is 4.01. The molecule has 0 saturated heterocycles. The highest BCUT2D eigenvalue weighted by Gasteiger charge is 2.21. The molecule has 1 nitrogen and oxygen atoms in total. The molecule has 0 atom stereocenters. The molecule has 0 unspecified atom stereocenters. The molecular weight excluding hydrogens is 297 g/mol. The molecule has 0 spiro atoms. The van der Waals surface area contributed by atoms with Crippen LogP contribution in [0.15, 0.2) is 42.5 Å². The van der Waals surface area contributed by atoms with Crippen molar-refractivity contribution in [3.05, 3.63) is 59.4 Å². The lowest BCUT2D eigenvalue weighted by atomic mass is 9.77. The number of nitriles is 1. The van der Waals surface area contributed by atoms with Crippen molar-refractivity contribution in [2.24, 2.45) is 5.92 Å². The summed E-state index contributed by atoms with van der Waals surface area (Å²) in [6, 6.07) is 15.2. The van der Waals surface area contributed by atoms with Crippen LogP contribution in [-0.4, -0.2) is 0 Å². The molecule has 0 aliphatic heterocycles. The molecule has 0 aromatic heterocycles. The summed E-state index contributed by atoms with van der Waals surface area (Å²) in [5, 5.41) is 9.20. The van der Waals surface area contributed by atoms with Gasteiger partial charge in [-0.3, -0.25) is 0 Å². The third-order valence-corrected chi connectivity index (χ3v) is 5.36. The molecule has 1 saturated carbocycles. The summed E-state index contributed by atoms with van der Waals surface area (Å²) in [6.07, 6.45) is 7.87. The van der Waals surface area contributed by atoms with Gasteiger partial charge >= 0.3 is 0 Å². The zero-order valence-electron chi connectivity index (χ0n) is 14.3. The number of benzene rings is 2. The molecular formula is C22H24FN. The van der Waals surface area contributed by atoms with Crippen molar-refractivity contribution in [2.45, 2.75) is 51.4 Å². The van der Waals surface area contributed by atoms with E-state index in [0.29, 0.717) is 11.5 Å². The van der Waals surface area contributed by atoms with Crippen LogP contribution in [0.3, 0.4) is 0 Å². The number of halogens is 1. The summed E-state index contributed by atoms with van der Waals surface area (Å²) in [7, 11) is 0. The first-order valence-electron chi connectivity index (χ1n) is 9.01. The highest BCUT2D eigenvalue weighted by molar-refractivity contribution is 5.70. The maximum Gasteiger partial charge on any atom is 0.141 e. The summed E-state index contributed by atoms with van der Waals surface area (Å²) in [5.74, 6) is 1.11. The van der Waals surface area contributed by atoms with Gasteiger partial charge in [0, 0.05) is 5.56 Å². The quantitative estimate of drug-likeness (QED) is 0.636. The lowest BCUT2D eigenvalue weighted by Gasteiger charge is -2.28. The van der Waals surface area contributed by atoms with Gasteiger partial charge < -0.3 is 0 Å². The number of hydrogen-bond donors (Lipinski definition) is 0. The fourth-order valence-corrected chi connectivity index (χ4v) is 4.01. The Bertz CT molecular complexity index is 719. The van der Waals surface area contributed by atoms with Crippen LogP contribution in [0, 0.1) is 23.1 Å². The molecule has 0 amide bonds. The molecule has 24 heavy (non-hydrogen) atoms. The Morgan fingerprint density at radius 3 is 2.38 bits per heavy atom. The maximum atomic E-state index is 13.8. The van der Waals surface area contributed by atoms with Crippen molar-refractivity contribution in [1.82, 2.24) is 0 Å². The van der Waals surface area contributed by atoms with E-state index in [1.165, 1.54) is 50.2 Å². The third-order valence-electron chi connectivity index (χ3n) is 5.36. The van der Waals surface area contributed by atoms with Crippen molar-refractivity contribution < 1.29 is 4.39 Å². The smallest absolute Gasteiger partial charge is 0.141 e. The molecule has 1 aliphatic rings. The van der Waals surface area contributed by atoms with Crippen LogP contribution in [0.25, 0.3) is 11.1 Å². The topological polar surface area (TPSA) is 23.8 Å². The molecule has 1 aliphatic carbocycles. The van der Waals surface area contributed by atoms with Crippen molar-refractivity contribution in [3.63, 3.8) is 0 Å². The van der Waals surface area contributed by atoms with Gasteiger partial charge in [0.2, 0.25) is 0 Å². The van der Waals surface area contributed by atoms with Gasteiger partial charge in [-0.1, -0.05) is 56.2 Å². The Labute approximate surface area is 144 Å². The average molecular weight is 321 g/mol. The van der Waals surface area contributed by atoms with Gasteiger partial charge in [0.15, 0.2) is 0 Å². The van der Waals surface area contributed by atoms with E-state index in [-0.39, 0.29) is 5.56 Å². The second-order valence-electron chi connectivity index (χ2n) is 6.90. The van der Waals surface area contributed by atoms with Crippen molar-refractivity contribution in [1.29, 1.82) is 5.26 Å². The minimum absolute atomic E-state index is 0.130. The zero-order valence-corrected chi connectivity index (χ0v) is 14.3. The summed E-state index contributed by atoms with van der Waals surface area (Å²) in [6.45, 7) is 2.27. The first-order chi connectivity index (χ1) is 11.7. The van der Waals surface area contributed by atoms with Crippen molar-refractivity contribution >= 4 is 0 Å². The van der Waals surface area contributed by atoms with Crippen LogP contribution in [0.4, 0.5) is 4.39 Å². The van der Waals surface area contributed by atoms with E-state index in [0.717, 1.165) is 11.5 Å². The molecule has 0 radical (unpaired) electrons. The normalized spacial score (nSPS) is 20.5. The van der Waals surface area contributed by atoms with E-state index in [2.05, 4.69) is 19.1 Å². The second kappa shape index (κ2) is 7.62. The van der Waals surface area contributed by atoms with Gasteiger partial charge in [-0.15, -0.1) is 0 Å². The van der Waals surface area contributed by atoms with Gasteiger partial charge in [-0.25, -0.2) is 4.39 Å². The van der Waals surface area contributed by atoms with Crippen molar-refractivity contribution in [2.75, 3.05) is 0 Å². The fraction of sp³-hybridized carbons (Fsp3) is 0.409. The highest BCUT2D eigenvalue weighted by atomic mass is 19.1. The predicted octanol–water partition coefficient (Wildman–Crippen LogP) is 6.44. The molecule has 2 heteroatoms. The van der Waals surface area contributed by atoms with Crippen LogP contribution in [0.2, 0.25) is 0 Å². The Kier molecular flexibility index (Phi) is 5.30. The predicted molar refractivity (Wildman–Crippen MR) is 96.2 cm³/mol. The van der Waals surface area contributed by atoms with E-state index in [1.807, 2.05) is 24.3 Å². The molecule has 3 rings (SSSR count). The molecule has 0 N–H and O–H groups in total. The lowest BCUT2D eigenvalue weighted by Crippen LogP contribution is -2.13. The van der Waals surface area contributed by atoms with Crippen LogP contribution in [-0.2, 0) is 0 Å². The third kappa shape index (κ3) is 3.51. The van der Waals surface area contributed by atoms with Gasteiger partial charge in [-0.2, -0.15) is 5.26 Å². The van der Waals surface area contributed by atoms with E-state index in [1.54, 1.807) is 6.07 Å². The Morgan fingerprint density at radius 1 is 1.04 bits per heavy atom. The van der Waals surface area contributed by atoms with Gasteiger partial charge in [-0.05, 0) is 54.7 Å². The summed E-state index contributed by atoms with van der Waals surface area (Å²) in [5.41, 5.74) is 3.10. The zero-order chi connectivity index (χ0) is 16.9. The average Bonchev–Trinajstić information content (AvgIpc) is 2.63. The number of rotatable bonds is 4. The van der Waals surface area contributed by atoms with Gasteiger partial charge in [0.05, 0.1) is 5.56 Å². The first kappa shape index (κ1) is 16.7. The molecule has 2 aromatic carbocycles. The number of hydrogen-bond acceptors (Lipinski definition) is 1. The Hall–Kier alpha value is -2.14. The summed E-state index contributed by atoms with van der Waals surface area (Å²) < 4.78 is 13.8. The van der Waals surface area contributed by atoms with E-state index >= 15 is 0 Å². The standard InChI is InChI=1S/C22H24FN/c1-2-4-16-7-9-17(10-8-16)18-11-13-19(14-12-18)20-5-3-6-22(23)21(20)15-24/h3,5-6,11-14,16-17H,2,4,7-10H2,1H3. The van der Waals surface area contributed by atoms with Crippen LogP contribution in [0.5, 0.6) is 0 Å². The molecule has 0 heterocycles. The Morgan fingerprint density at radius 2 is 1.75 bits per heavy atom. The molecule has 1 fully saturated rings. The molecule has 0 bridgehead atoms. The summed E-state index contributed by atoms with van der Waals surface area (Å²) >= 11 is 0. The van der Waals surface area contributed by atoms with Crippen LogP contribution >= 0.6 is 0 Å². The second-order valence-corrected chi connectivity index (χ2v) is 6.90. The minimum atomic E-state index is -0.451. The van der Waals surface area contributed by atoms with Crippen LogP contribution in [0.1, 0.15) is 62.5 Å². The monoisotopic (exact) mass is 321 g/mol. The van der Waals surface area contributed by atoms with E-state index in [9.17, 15) is 9.65 Å². The van der Waals surface area contributed by atoms with Gasteiger partial charge in [0.1, 0.15) is 11.9 Å². The van der Waals surface area contributed by atoms with E-state index in [4.69, 9.17) is 0 Å². The lowest BCUT2D eigenvalue weighted by molar-refractivity contribution is 0.308. The van der Waals surface area contributed by atoms with Crippen LogP contribution < -0.4 is 0 Å². The van der Waals surface area contributed by atoms with Crippen molar-refractivity contribution in [3.8, 4) is 17.2 Å².